The van der Waals surface area contributed by atoms with Gasteiger partial charge in [-0.15, -0.1) is 0 Å². The smallest absolute Gasteiger partial charge is 0.289 e. The Bertz CT molecular complexity index is 901. The molecule has 0 unspecified atom stereocenters. The maximum atomic E-state index is 12.3. The monoisotopic (exact) mass is 397 g/mol. The predicted octanol–water partition coefficient (Wildman–Crippen LogP) is 1.96. The lowest BCUT2D eigenvalue weighted by Crippen LogP contribution is -2.47. The minimum Gasteiger partial charge on any atom is -0.484 e. The number of aryl methyl sites for hydroxylation is 1. The molecule has 0 bridgehead atoms. The van der Waals surface area contributed by atoms with E-state index >= 15 is 0 Å². The molecule has 3 heterocycles. The molecule has 1 fully saturated rings. The zero-order chi connectivity index (χ0) is 20.2. The third-order valence-electron chi connectivity index (χ3n) is 5.22. The SMILES string of the molecule is O=C1CCc2cc(OCC(=O)NC3CCN(C(=O)c4ccco4)CC3)ccc2N1. The van der Waals surface area contributed by atoms with Crippen LogP contribution in [0.25, 0.3) is 0 Å². The van der Waals surface area contributed by atoms with Crippen molar-refractivity contribution >= 4 is 23.4 Å². The lowest BCUT2D eigenvalue weighted by atomic mass is 10.0. The maximum Gasteiger partial charge on any atom is 0.289 e. The second-order valence-corrected chi connectivity index (χ2v) is 7.27. The summed E-state index contributed by atoms with van der Waals surface area (Å²) in [5, 5.41) is 5.79. The van der Waals surface area contributed by atoms with E-state index in [-0.39, 0.29) is 30.4 Å². The van der Waals surface area contributed by atoms with Crippen molar-refractivity contribution in [1.29, 1.82) is 0 Å². The van der Waals surface area contributed by atoms with Crippen LogP contribution in [0, 0.1) is 0 Å². The van der Waals surface area contributed by atoms with Crippen molar-refractivity contribution in [2.75, 3.05) is 25.0 Å². The quantitative estimate of drug-likeness (QED) is 0.803. The Hall–Kier alpha value is -3.29. The molecule has 2 aliphatic heterocycles. The number of nitrogens with zero attached hydrogens (tertiary/aromatic N) is 1. The third-order valence-corrected chi connectivity index (χ3v) is 5.22. The molecule has 8 heteroatoms. The minimum absolute atomic E-state index is 0.0162. The van der Waals surface area contributed by atoms with Crippen LogP contribution in [0.3, 0.4) is 0 Å². The van der Waals surface area contributed by atoms with Gasteiger partial charge in [-0.25, -0.2) is 0 Å². The van der Waals surface area contributed by atoms with Crippen LogP contribution in [0.1, 0.15) is 35.4 Å². The zero-order valence-electron chi connectivity index (χ0n) is 16.0. The Morgan fingerprint density at radius 3 is 2.79 bits per heavy atom. The molecule has 3 amide bonds. The second-order valence-electron chi connectivity index (χ2n) is 7.27. The van der Waals surface area contributed by atoms with Gasteiger partial charge in [0, 0.05) is 31.2 Å². The summed E-state index contributed by atoms with van der Waals surface area (Å²) in [7, 11) is 0. The minimum atomic E-state index is -0.188. The highest BCUT2D eigenvalue weighted by molar-refractivity contribution is 5.94. The third kappa shape index (κ3) is 4.59. The Morgan fingerprint density at radius 1 is 1.21 bits per heavy atom. The summed E-state index contributed by atoms with van der Waals surface area (Å²) in [6, 6.07) is 8.77. The maximum absolute atomic E-state index is 12.3. The fraction of sp³-hybridized carbons (Fsp3) is 0.381. The number of nitrogens with one attached hydrogen (secondary N) is 2. The number of benzene rings is 1. The Balaban J connectivity index is 1.22. The molecule has 2 aromatic rings. The van der Waals surface area contributed by atoms with E-state index in [1.807, 2.05) is 6.07 Å². The summed E-state index contributed by atoms with van der Waals surface area (Å²) < 4.78 is 10.8. The molecule has 29 heavy (non-hydrogen) atoms. The van der Waals surface area contributed by atoms with E-state index in [1.165, 1.54) is 6.26 Å². The van der Waals surface area contributed by atoms with Gasteiger partial charge in [0.25, 0.3) is 11.8 Å². The first kappa shape index (κ1) is 19.0. The predicted molar refractivity (Wildman–Crippen MR) is 105 cm³/mol. The highest BCUT2D eigenvalue weighted by Gasteiger charge is 2.26. The topological polar surface area (TPSA) is 101 Å². The first-order chi connectivity index (χ1) is 14.1. The van der Waals surface area contributed by atoms with Crippen LogP contribution in [0.2, 0.25) is 0 Å². The van der Waals surface area contributed by atoms with Crippen LogP contribution < -0.4 is 15.4 Å². The van der Waals surface area contributed by atoms with Crippen LogP contribution >= 0.6 is 0 Å². The lowest BCUT2D eigenvalue weighted by molar-refractivity contribution is -0.124. The fourth-order valence-electron chi connectivity index (χ4n) is 3.65. The molecule has 0 aliphatic carbocycles. The molecule has 2 aliphatic rings. The van der Waals surface area contributed by atoms with Gasteiger partial charge < -0.3 is 24.7 Å². The van der Waals surface area contributed by atoms with Crippen molar-refractivity contribution in [2.24, 2.45) is 0 Å². The van der Waals surface area contributed by atoms with Crippen LogP contribution in [0.5, 0.6) is 5.75 Å². The molecule has 1 aromatic carbocycles. The van der Waals surface area contributed by atoms with E-state index < -0.39 is 0 Å². The van der Waals surface area contributed by atoms with E-state index in [2.05, 4.69) is 10.6 Å². The molecule has 0 saturated carbocycles. The number of ether oxygens (including phenoxy) is 1. The molecule has 0 atom stereocenters. The number of amides is 3. The van der Waals surface area contributed by atoms with Crippen molar-refractivity contribution in [3.05, 3.63) is 47.9 Å². The number of hydrogen-bond acceptors (Lipinski definition) is 5. The van der Waals surface area contributed by atoms with Crippen molar-refractivity contribution in [3.8, 4) is 5.75 Å². The first-order valence-corrected chi connectivity index (χ1v) is 9.76. The number of carbonyl (C=O) groups excluding carboxylic acids is 3. The summed E-state index contributed by atoms with van der Waals surface area (Å²) in [4.78, 5) is 37.7. The van der Waals surface area contributed by atoms with Gasteiger partial charge in [0.05, 0.1) is 6.26 Å². The standard InChI is InChI=1S/C21H23N3O5/c25-19-6-3-14-12-16(4-5-17(14)23-19)29-13-20(26)22-15-7-9-24(10-8-15)21(27)18-2-1-11-28-18/h1-2,4-5,11-12,15H,3,6-10,13H2,(H,22,26)(H,23,25). The molecule has 152 valence electrons. The molecular formula is C21H23N3O5. The van der Waals surface area contributed by atoms with Gasteiger partial charge in [-0.3, -0.25) is 14.4 Å². The number of rotatable bonds is 5. The van der Waals surface area contributed by atoms with Crippen LogP contribution in [-0.2, 0) is 16.0 Å². The van der Waals surface area contributed by atoms with Gasteiger partial charge >= 0.3 is 0 Å². The van der Waals surface area contributed by atoms with Gasteiger partial charge in [0.15, 0.2) is 12.4 Å². The zero-order valence-corrected chi connectivity index (χ0v) is 16.0. The number of anilines is 1. The Kier molecular flexibility index (Phi) is 5.50. The number of carbonyl (C=O) groups is 3. The molecule has 4 rings (SSSR count). The Morgan fingerprint density at radius 2 is 2.03 bits per heavy atom. The van der Waals surface area contributed by atoms with E-state index in [9.17, 15) is 14.4 Å². The number of hydrogen-bond donors (Lipinski definition) is 2. The summed E-state index contributed by atoms with van der Waals surface area (Å²) >= 11 is 0. The summed E-state index contributed by atoms with van der Waals surface area (Å²) in [6.45, 7) is 1.07. The molecule has 0 spiro atoms. The summed E-state index contributed by atoms with van der Waals surface area (Å²) in [6.07, 6.45) is 3.99. The van der Waals surface area contributed by atoms with Gasteiger partial charge in [0.1, 0.15) is 5.75 Å². The summed E-state index contributed by atoms with van der Waals surface area (Å²) in [5.74, 6) is 0.653. The largest absolute Gasteiger partial charge is 0.484 e. The second kappa shape index (κ2) is 8.38. The molecule has 2 N–H and O–H groups in total. The van der Waals surface area contributed by atoms with E-state index in [1.54, 1.807) is 29.2 Å². The molecule has 1 aromatic heterocycles. The van der Waals surface area contributed by atoms with Crippen LogP contribution in [0.15, 0.2) is 41.0 Å². The van der Waals surface area contributed by atoms with Gasteiger partial charge in [-0.1, -0.05) is 0 Å². The highest BCUT2D eigenvalue weighted by atomic mass is 16.5. The van der Waals surface area contributed by atoms with E-state index in [0.717, 1.165) is 11.3 Å². The number of likely N-dealkylation sites (tertiary alicyclic amines) is 1. The van der Waals surface area contributed by atoms with Crippen LogP contribution in [-0.4, -0.2) is 48.4 Å². The average molecular weight is 397 g/mol. The van der Waals surface area contributed by atoms with E-state index in [0.29, 0.717) is 50.3 Å². The first-order valence-electron chi connectivity index (χ1n) is 9.76. The molecule has 8 nitrogen and oxygen atoms in total. The van der Waals surface area contributed by atoms with Crippen LogP contribution in [0.4, 0.5) is 5.69 Å². The number of fused-ring (bicyclic) bond motifs is 1. The number of furan rings is 1. The van der Waals surface area contributed by atoms with Gasteiger partial charge in [0.2, 0.25) is 5.91 Å². The van der Waals surface area contributed by atoms with Crippen molar-refractivity contribution in [1.82, 2.24) is 10.2 Å². The van der Waals surface area contributed by atoms with Crippen molar-refractivity contribution in [3.63, 3.8) is 0 Å². The molecule has 1 saturated heterocycles. The fourth-order valence-corrected chi connectivity index (χ4v) is 3.65. The van der Waals surface area contributed by atoms with Crippen molar-refractivity contribution < 1.29 is 23.5 Å². The molecule has 0 radical (unpaired) electrons. The normalized spacial score (nSPS) is 16.7. The highest BCUT2D eigenvalue weighted by Crippen LogP contribution is 2.26. The average Bonchev–Trinajstić information content (AvgIpc) is 3.27. The molecular weight excluding hydrogens is 374 g/mol. The van der Waals surface area contributed by atoms with Gasteiger partial charge in [-0.2, -0.15) is 0 Å². The summed E-state index contributed by atoms with van der Waals surface area (Å²) in [5.41, 5.74) is 1.81. The number of piperidine rings is 1. The van der Waals surface area contributed by atoms with Crippen molar-refractivity contribution in [2.45, 2.75) is 31.7 Å². The van der Waals surface area contributed by atoms with E-state index in [4.69, 9.17) is 9.15 Å². The lowest BCUT2D eigenvalue weighted by Gasteiger charge is -2.31. The Labute approximate surface area is 168 Å². The van der Waals surface area contributed by atoms with Gasteiger partial charge in [-0.05, 0) is 55.2 Å².